The van der Waals surface area contributed by atoms with Crippen LogP contribution >= 0.6 is 144 Å². The summed E-state index contributed by atoms with van der Waals surface area (Å²) in [5.41, 5.74) is 0. The summed E-state index contributed by atoms with van der Waals surface area (Å²) in [6.07, 6.45) is 2.44. The Morgan fingerprint density at radius 1 is 0.737 bits per heavy atom. The monoisotopic (exact) mass is 896 g/mol. The number of fused-ring (bicyclic) bond motifs is 7. The quantitative estimate of drug-likeness (QED) is 0.162. The Balaban J connectivity index is 1.28. The van der Waals surface area contributed by atoms with Crippen molar-refractivity contribution in [2.75, 3.05) is 0 Å². The molecule has 0 N–H and O–H groups in total. The average Bonchev–Trinajstić information content (AvgIpc) is 3.68. The van der Waals surface area contributed by atoms with Crippen molar-refractivity contribution in [3.63, 3.8) is 0 Å². The molecule has 2 unspecified atom stereocenters. The fraction of sp³-hybridized carbons (Fsp3) is 0.231. The maximum absolute atomic E-state index is 4.14. The molecule has 8 heterocycles. The van der Waals surface area contributed by atoms with E-state index in [1.165, 1.54) is 75.4 Å². The van der Waals surface area contributed by atoms with Gasteiger partial charge in [-0.15, -0.1) is 80.2 Å². The van der Waals surface area contributed by atoms with Gasteiger partial charge < -0.3 is 0 Å². The van der Waals surface area contributed by atoms with E-state index in [1.807, 2.05) is 80.2 Å². The van der Waals surface area contributed by atoms with Crippen LogP contribution in [-0.2, 0) is 0 Å². The van der Waals surface area contributed by atoms with Crippen molar-refractivity contribution in [3.05, 3.63) is 50.0 Å². The molecule has 8 rings (SSSR count). The van der Waals surface area contributed by atoms with Crippen molar-refractivity contribution in [2.45, 2.75) is 37.4 Å². The van der Waals surface area contributed by atoms with Crippen molar-refractivity contribution in [2.24, 2.45) is 0 Å². The van der Waals surface area contributed by atoms with Crippen molar-refractivity contribution >= 4 is 200 Å². The Kier molecular flexibility index (Phi) is 6.50. The Labute approximate surface area is 283 Å². The topological polar surface area (TPSA) is 0 Å². The highest BCUT2D eigenvalue weighted by Crippen LogP contribution is 2.61. The van der Waals surface area contributed by atoms with Gasteiger partial charge in [0.25, 0.3) is 0 Å². The second-order valence-electron chi connectivity index (χ2n) is 10.2. The maximum atomic E-state index is 4.14. The first-order valence-corrected chi connectivity index (χ1v) is 23.8. The van der Waals surface area contributed by atoms with Crippen molar-refractivity contribution in [1.82, 2.24) is 0 Å². The normalized spacial score (nSPS) is 22.7. The van der Waals surface area contributed by atoms with Gasteiger partial charge in [0.2, 0.25) is 0 Å². The lowest BCUT2D eigenvalue weighted by atomic mass is 10.2. The smallest absolute Gasteiger partial charge is 0.119 e. The molecule has 12 heteroatoms. The van der Waals surface area contributed by atoms with Crippen molar-refractivity contribution in [3.8, 4) is 0 Å². The summed E-state index contributed by atoms with van der Waals surface area (Å²) < 4.78 is 13.9. The molecule has 5 aromatic rings. The van der Waals surface area contributed by atoms with Gasteiger partial charge in [-0.3, -0.25) is 0 Å². The highest BCUT2D eigenvalue weighted by atomic mass is 79.9. The van der Waals surface area contributed by atoms with Crippen LogP contribution in [0.2, 0.25) is 13.1 Å². The third kappa shape index (κ3) is 3.58. The zero-order valence-electron chi connectivity index (χ0n) is 20.2. The van der Waals surface area contributed by atoms with Crippen LogP contribution in [-0.4, -0.2) is 18.6 Å². The second kappa shape index (κ2) is 9.17. The first kappa shape index (κ1) is 26.9. The third-order valence-electron chi connectivity index (χ3n) is 7.35. The summed E-state index contributed by atoms with van der Waals surface area (Å²) in [5, 5.41) is 4.25. The summed E-state index contributed by atoms with van der Waals surface area (Å²) >= 11 is 30.1. The van der Waals surface area contributed by atoms with Gasteiger partial charge in [-0.25, -0.2) is 0 Å². The summed E-state index contributed by atoms with van der Waals surface area (Å²) in [7, 11) is -1.92. The zero-order chi connectivity index (χ0) is 26.4. The van der Waals surface area contributed by atoms with Crippen LogP contribution in [0.5, 0.6) is 0 Å². The molecule has 0 saturated heterocycles. The minimum Gasteiger partial charge on any atom is -0.138 e. The maximum Gasteiger partial charge on any atom is 0.119 e. The first-order chi connectivity index (χ1) is 18.1. The van der Waals surface area contributed by atoms with Crippen LogP contribution in [0.3, 0.4) is 0 Å². The van der Waals surface area contributed by atoms with E-state index in [1.54, 1.807) is 10.4 Å². The molecular weight excluding hydrogens is 884 g/mol. The molecule has 0 spiro atoms. The fourth-order valence-electron chi connectivity index (χ4n) is 5.71. The van der Waals surface area contributed by atoms with E-state index in [9.17, 15) is 0 Å². The number of aryl methyl sites for hydroxylation is 1. The van der Waals surface area contributed by atoms with Gasteiger partial charge >= 0.3 is 0 Å². The molecule has 0 fully saturated rings. The Morgan fingerprint density at radius 2 is 1.45 bits per heavy atom. The van der Waals surface area contributed by atoms with E-state index in [0.717, 1.165) is 0 Å². The van der Waals surface area contributed by atoms with Gasteiger partial charge in [-0.1, -0.05) is 35.1 Å². The first-order valence-electron chi connectivity index (χ1n) is 11.7. The molecule has 194 valence electrons. The lowest BCUT2D eigenvalue weighted by Gasteiger charge is -2.21. The predicted octanol–water partition coefficient (Wildman–Crippen LogP) is 13.2. The standard InChI is InChI=1S/C26H16Br4S7Si/c1-7-5-9-15(31-7)11(27)17(33-9)18-13(29)19-22(35-18)23-24(36-19)26-21(37-23)14(30)25(38(26,3)4)20-12(28)16-10(34-20)6-8(2)32-16/h5-6,9,15H,1-4H3. The van der Waals surface area contributed by atoms with Crippen LogP contribution in [0.15, 0.2) is 30.5 Å². The molecule has 0 aromatic carbocycles. The Hall–Kier alpha value is 1.34. The summed E-state index contributed by atoms with van der Waals surface area (Å²) in [6.45, 7) is 9.53. The number of rotatable bonds is 2. The molecule has 38 heavy (non-hydrogen) atoms. The summed E-state index contributed by atoms with van der Waals surface area (Å²) in [4.78, 5) is 8.53. The molecule has 0 radical (unpaired) electrons. The molecule has 0 aliphatic carbocycles. The van der Waals surface area contributed by atoms with E-state index in [0.29, 0.717) is 10.5 Å². The minimum atomic E-state index is -1.92. The summed E-state index contributed by atoms with van der Waals surface area (Å²) in [5.74, 6) is 0. The van der Waals surface area contributed by atoms with Gasteiger partial charge in [0.05, 0.1) is 37.9 Å². The molecule has 2 atom stereocenters. The zero-order valence-corrected chi connectivity index (χ0v) is 33.2. The Bertz CT molecular complexity index is 1990. The summed E-state index contributed by atoms with van der Waals surface area (Å²) in [6, 6.07) is 2.34. The van der Waals surface area contributed by atoms with E-state index < -0.39 is 8.07 Å². The number of hydrogen-bond acceptors (Lipinski definition) is 7. The van der Waals surface area contributed by atoms with Gasteiger partial charge in [0.15, 0.2) is 0 Å². The molecule has 5 aromatic heterocycles. The van der Waals surface area contributed by atoms with Crippen LogP contribution in [0.25, 0.3) is 42.8 Å². The molecule has 0 saturated carbocycles. The van der Waals surface area contributed by atoms with Gasteiger partial charge in [0.1, 0.15) is 8.07 Å². The van der Waals surface area contributed by atoms with E-state index in [4.69, 9.17) is 0 Å². The molecule has 0 amide bonds. The fourth-order valence-corrected chi connectivity index (χ4v) is 27.1. The third-order valence-corrected chi connectivity index (χ3v) is 26.3. The average molecular weight is 901 g/mol. The van der Waals surface area contributed by atoms with E-state index in [-0.39, 0.29) is 0 Å². The van der Waals surface area contributed by atoms with Crippen LogP contribution < -0.4 is 5.19 Å². The molecule has 0 bridgehead atoms. The van der Waals surface area contributed by atoms with Crippen molar-refractivity contribution < 1.29 is 0 Å². The number of thiophene rings is 5. The lowest BCUT2D eigenvalue weighted by Crippen LogP contribution is -2.40. The van der Waals surface area contributed by atoms with Crippen molar-refractivity contribution in [1.29, 1.82) is 0 Å². The van der Waals surface area contributed by atoms with Gasteiger partial charge in [0, 0.05) is 43.2 Å². The lowest BCUT2D eigenvalue weighted by molar-refractivity contribution is 1.13. The molecule has 3 aliphatic rings. The second-order valence-corrected chi connectivity index (χ2v) is 25.6. The highest BCUT2D eigenvalue weighted by molar-refractivity contribution is 9.15. The van der Waals surface area contributed by atoms with Crippen LogP contribution in [0.4, 0.5) is 0 Å². The molecule has 3 aliphatic heterocycles. The molecule has 0 nitrogen and oxygen atoms in total. The molecular formula is C26H16Br4S7Si. The van der Waals surface area contributed by atoms with Crippen LogP contribution in [0.1, 0.15) is 26.4 Å². The minimum absolute atomic E-state index is 0.523. The SMILES string of the molecule is CC1=CC2SC(c3sc4c(sc5c6c(sc54)C(Br)=C(c4sc5cc(C)sc5c4Br)[Si]6(C)C)c3Br)=C(Br)C2S1. The predicted molar refractivity (Wildman–Crippen MR) is 200 cm³/mol. The number of hydrogen-bond donors (Lipinski definition) is 0. The Morgan fingerprint density at radius 3 is 2.18 bits per heavy atom. The number of allylic oxidation sites excluding steroid dienone is 1. The number of thioether (sulfide) groups is 2. The van der Waals surface area contributed by atoms with E-state index in [2.05, 4.69) is 103 Å². The van der Waals surface area contributed by atoms with Gasteiger partial charge in [-0.05, 0) is 83.0 Å². The highest BCUT2D eigenvalue weighted by Gasteiger charge is 2.45. The van der Waals surface area contributed by atoms with E-state index >= 15 is 0 Å². The van der Waals surface area contributed by atoms with Gasteiger partial charge in [-0.2, -0.15) is 0 Å². The van der Waals surface area contributed by atoms with Crippen LogP contribution in [0, 0.1) is 6.92 Å². The largest absolute Gasteiger partial charge is 0.138 e. The number of halogens is 4.